The molecule has 3 heterocycles. The van der Waals surface area contributed by atoms with Crippen LogP contribution in [0.1, 0.15) is 49.3 Å². The molecule has 1 aromatic heterocycles. The van der Waals surface area contributed by atoms with Crippen LogP contribution in [0.2, 0.25) is 0 Å². The molecule has 0 amide bonds. The lowest BCUT2D eigenvalue weighted by Crippen LogP contribution is -2.32. The number of aromatic nitrogens is 3. The molecule has 2 fully saturated rings. The van der Waals surface area contributed by atoms with Gasteiger partial charge in [0, 0.05) is 49.8 Å². The number of hydrogen-bond acceptors (Lipinski definition) is 8. The maximum absolute atomic E-state index is 13.0. The Morgan fingerprint density at radius 2 is 1.73 bits per heavy atom. The summed E-state index contributed by atoms with van der Waals surface area (Å²) in [5, 5.41) is 9.81. The summed E-state index contributed by atoms with van der Waals surface area (Å²) in [7, 11) is -6.71. The maximum Gasteiger partial charge on any atom is 0.243 e. The number of benzene rings is 2. The van der Waals surface area contributed by atoms with E-state index in [-0.39, 0.29) is 4.90 Å². The molecule has 3 aromatic rings. The molecule has 2 aliphatic heterocycles. The Morgan fingerprint density at radius 3 is 2.48 bits per heavy atom. The van der Waals surface area contributed by atoms with Crippen LogP contribution in [0.25, 0.3) is 11.4 Å². The number of nitrogens with zero attached hydrogens (tertiary/aromatic N) is 5. The lowest BCUT2D eigenvalue weighted by Gasteiger charge is -2.29. The zero-order chi connectivity index (χ0) is 27.9. The Hall–Kier alpha value is -2.25. The molecular weight excluding hydrogens is 567 g/mol. The molecule has 0 radical (unpaired) electrons. The van der Waals surface area contributed by atoms with Gasteiger partial charge in [-0.2, -0.15) is 4.31 Å². The summed E-state index contributed by atoms with van der Waals surface area (Å²) >= 11 is 1.69. The number of fused-ring (bicyclic) bond motifs is 1. The van der Waals surface area contributed by atoms with Crippen molar-refractivity contribution in [2.24, 2.45) is 0 Å². The fourth-order valence-corrected chi connectivity index (χ4v) is 8.74. The number of sulfonamides is 1. The van der Waals surface area contributed by atoms with Crippen molar-refractivity contribution in [2.45, 2.75) is 66.1 Å². The van der Waals surface area contributed by atoms with Crippen LogP contribution >= 0.6 is 11.8 Å². The van der Waals surface area contributed by atoms with Crippen LogP contribution in [-0.4, -0.2) is 79.0 Å². The summed E-state index contributed by atoms with van der Waals surface area (Å²) in [6.45, 7) is 3.90. The van der Waals surface area contributed by atoms with Crippen molar-refractivity contribution in [2.75, 3.05) is 38.2 Å². The zero-order valence-corrected chi connectivity index (χ0v) is 25.1. The standard InChI is InChI=1S/C28H35N5O4S3/c1-39(34,35)25-7-4-6-22(18-25)27-29-30-28(33(27)24-9-10-24)38-17-5-13-31-16-12-21-8-11-26(19-23(21)20-31)40(36,37)32-14-2-3-15-32/h4,6-8,11,18-19,24H,2-3,5,9-10,12-17,20H2,1H3. The maximum atomic E-state index is 13.0. The van der Waals surface area contributed by atoms with E-state index in [9.17, 15) is 16.8 Å². The third kappa shape index (κ3) is 5.87. The lowest BCUT2D eigenvalue weighted by molar-refractivity contribution is 0.255. The monoisotopic (exact) mass is 601 g/mol. The van der Waals surface area contributed by atoms with Gasteiger partial charge in [0.15, 0.2) is 20.8 Å². The smallest absolute Gasteiger partial charge is 0.243 e. The van der Waals surface area contributed by atoms with E-state index in [0.29, 0.717) is 24.0 Å². The Labute approximate surface area is 240 Å². The van der Waals surface area contributed by atoms with Crippen LogP contribution in [0, 0.1) is 0 Å². The first-order chi connectivity index (χ1) is 19.2. The molecule has 9 nitrogen and oxygen atoms in total. The van der Waals surface area contributed by atoms with Crippen molar-refractivity contribution < 1.29 is 16.8 Å². The molecule has 40 heavy (non-hydrogen) atoms. The summed E-state index contributed by atoms with van der Waals surface area (Å²) in [4.78, 5) is 3.11. The van der Waals surface area contributed by atoms with Crippen molar-refractivity contribution >= 4 is 31.6 Å². The second kappa shape index (κ2) is 11.2. The van der Waals surface area contributed by atoms with Gasteiger partial charge in [-0.3, -0.25) is 9.47 Å². The molecule has 12 heteroatoms. The van der Waals surface area contributed by atoms with Crippen molar-refractivity contribution in [3.05, 3.63) is 53.6 Å². The van der Waals surface area contributed by atoms with E-state index in [4.69, 9.17) is 0 Å². The van der Waals surface area contributed by atoms with Crippen molar-refractivity contribution in [3.63, 3.8) is 0 Å². The Morgan fingerprint density at radius 1 is 0.925 bits per heavy atom. The third-order valence-corrected chi connectivity index (χ3v) is 12.0. The van der Waals surface area contributed by atoms with Crippen LogP contribution in [0.4, 0.5) is 0 Å². The van der Waals surface area contributed by atoms with Crippen molar-refractivity contribution in [1.29, 1.82) is 0 Å². The van der Waals surface area contributed by atoms with Crippen LogP contribution in [-0.2, 0) is 32.8 Å². The number of hydrogen-bond donors (Lipinski definition) is 0. The van der Waals surface area contributed by atoms with E-state index in [2.05, 4.69) is 19.7 Å². The van der Waals surface area contributed by atoms with Crippen LogP contribution in [0.3, 0.4) is 0 Å². The summed E-state index contributed by atoms with van der Waals surface area (Å²) in [5.41, 5.74) is 3.14. The minimum Gasteiger partial charge on any atom is -0.299 e. The molecule has 0 N–H and O–H groups in total. The highest BCUT2D eigenvalue weighted by atomic mass is 32.2. The van der Waals surface area contributed by atoms with Crippen molar-refractivity contribution in [1.82, 2.24) is 24.0 Å². The molecule has 0 atom stereocenters. The second-order valence-corrected chi connectivity index (χ2v) is 16.0. The van der Waals surface area contributed by atoms with Gasteiger partial charge in [-0.15, -0.1) is 10.2 Å². The molecule has 0 bridgehead atoms. The first-order valence-corrected chi connectivity index (χ1v) is 18.2. The van der Waals surface area contributed by atoms with E-state index < -0.39 is 19.9 Å². The number of sulfone groups is 1. The van der Waals surface area contributed by atoms with E-state index in [1.54, 1.807) is 40.3 Å². The van der Waals surface area contributed by atoms with Gasteiger partial charge >= 0.3 is 0 Å². The molecule has 0 unspecified atom stereocenters. The predicted molar refractivity (Wildman–Crippen MR) is 156 cm³/mol. The first-order valence-electron chi connectivity index (χ1n) is 13.9. The molecule has 1 aliphatic carbocycles. The molecule has 2 aromatic carbocycles. The van der Waals surface area contributed by atoms with Gasteiger partial charge in [-0.1, -0.05) is 30.0 Å². The number of thioether (sulfide) groups is 1. The second-order valence-electron chi connectivity index (χ2n) is 11.0. The van der Waals surface area contributed by atoms with Crippen LogP contribution in [0.15, 0.2) is 57.4 Å². The predicted octanol–water partition coefficient (Wildman–Crippen LogP) is 4.01. The lowest BCUT2D eigenvalue weighted by atomic mass is 10.00. The SMILES string of the molecule is CS(=O)(=O)c1cccc(-c2nnc(SCCCN3CCc4ccc(S(=O)(=O)N5CCCC5)cc4C3)n2C2CC2)c1. The highest BCUT2D eigenvalue weighted by Gasteiger charge is 2.31. The van der Waals surface area contributed by atoms with E-state index >= 15 is 0 Å². The van der Waals surface area contributed by atoms with Crippen LogP contribution < -0.4 is 0 Å². The van der Waals surface area contributed by atoms with E-state index in [1.807, 2.05) is 18.2 Å². The topological polar surface area (TPSA) is 105 Å². The van der Waals surface area contributed by atoms with Gasteiger partial charge in [-0.25, -0.2) is 16.8 Å². The van der Waals surface area contributed by atoms with Gasteiger partial charge in [0.05, 0.1) is 9.79 Å². The third-order valence-electron chi connectivity index (χ3n) is 7.92. The number of rotatable bonds is 10. The summed E-state index contributed by atoms with van der Waals surface area (Å²) < 4.78 is 54.0. The fourth-order valence-electron chi connectivity index (χ4n) is 5.57. The van der Waals surface area contributed by atoms with Gasteiger partial charge < -0.3 is 0 Å². The Kier molecular flexibility index (Phi) is 7.81. The average Bonchev–Trinajstić information content (AvgIpc) is 3.43. The molecule has 214 valence electrons. The van der Waals surface area contributed by atoms with Crippen molar-refractivity contribution in [3.8, 4) is 11.4 Å². The molecule has 3 aliphatic rings. The Bertz CT molecular complexity index is 1610. The van der Waals surface area contributed by atoms with Crippen LogP contribution in [0.5, 0.6) is 0 Å². The fraction of sp³-hybridized carbons (Fsp3) is 0.500. The van der Waals surface area contributed by atoms with Gasteiger partial charge in [0.1, 0.15) is 0 Å². The molecule has 1 saturated heterocycles. The molecular formula is C28H35N5O4S3. The Balaban J connectivity index is 1.08. The summed E-state index contributed by atoms with van der Waals surface area (Å²) in [6, 6.07) is 13.0. The van der Waals surface area contributed by atoms with Gasteiger partial charge in [0.25, 0.3) is 0 Å². The molecule has 6 rings (SSSR count). The molecule has 1 saturated carbocycles. The highest BCUT2D eigenvalue weighted by molar-refractivity contribution is 7.99. The quantitative estimate of drug-likeness (QED) is 0.254. The minimum atomic E-state index is -3.41. The van der Waals surface area contributed by atoms with Gasteiger partial charge in [0.2, 0.25) is 10.0 Å². The highest BCUT2D eigenvalue weighted by Crippen LogP contribution is 2.41. The molecule has 0 spiro atoms. The largest absolute Gasteiger partial charge is 0.299 e. The van der Waals surface area contributed by atoms with E-state index in [1.165, 1.54) is 11.8 Å². The summed E-state index contributed by atoms with van der Waals surface area (Å²) in [6.07, 6.45) is 7.14. The van der Waals surface area contributed by atoms with E-state index in [0.717, 1.165) is 86.0 Å². The minimum absolute atomic E-state index is 0.286. The average molecular weight is 602 g/mol. The van der Waals surface area contributed by atoms with Gasteiger partial charge in [-0.05, 0) is 80.5 Å². The zero-order valence-electron chi connectivity index (χ0n) is 22.7. The normalized spacial score (nSPS) is 18.7. The first kappa shape index (κ1) is 27.9. The summed E-state index contributed by atoms with van der Waals surface area (Å²) in [5.74, 6) is 1.61.